The van der Waals surface area contributed by atoms with Crippen LogP contribution in [-0.4, -0.2) is 30.2 Å². The zero-order chi connectivity index (χ0) is 10.6. The number of piperidine rings is 1. The molecule has 0 atom stereocenters. The smallest absolute Gasteiger partial charge is 0.112 e. The standard InChI is InChI=1S/C13H24FN/c14-13(7-3-1-4-8-13)9-12-15-10-5-2-6-11-15/h1-12H2. The minimum Gasteiger partial charge on any atom is -0.303 e. The molecule has 0 aromatic heterocycles. The molecular weight excluding hydrogens is 189 g/mol. The second kappa shape index (κ2) is 5.29. The zero-order valence-electron chi connectivity index (χ0n) is 9.81. The quantitative estimate of drug-likeness (QED) is 0.693. The average molecular weight is 213 g/mol. The highest BCUT2D eigenvalue weighted by Crippen LogP contribution is 2.34. The van der Waals surface area contributed by atoms with Crippen LogP contribution in [0.5, 0.6) is 0 Å². The maximum Gasteiger partial charge on any atom is 0.112 e. The molecule has 0 aromatic rings. The molecule has 15 heavy (non-hydrogen) atoms. The molecule has 0 spiro atoms. The Bertz CT molecular complexity index is 181. The molecule has 1 nitrogen and oxygen atoms in total. The molecule has 2 aliphatic rings. The van der Waals surface area contributed by atoms with Gasteiger partial charge in [-0.15, -0.1) is 0 Å². The van der Waals surface area contributed by atoms with Crippen molar-refractivity contribution < 1.29 is 4.39 Å². The van der Waals surface area contributed by atoms with Crippen molar-refractivity contribution in [2.45, 2.75) is 63.5 Å². The SMILES string of the molecule is FC1(CCN2CCCCC2)CCCCC1. The fraction of sp³-hybridized carbons (Fsp3) is 1.00. The van der Waals surface area contributed by atoms with E-state index in [1.807, 2.05) is 0 Å². The summed E-state index contributed by atoms with van der Waals surface area (Å²) in [5.74, 6) is 0. The Labute approximate surface area is 93.0 Å². The highest BCUT2D eigenvalue weighted by atomic mass is 19.1. The highest BCUT2D eigenvalue weighted by Gasteiger charge is 2.31. The summed E-state index contributed by atoms with van der Waals surface area (Å²) in [6.45, 7) is 3.41. The number of hydrogen-bond donors (Lipinski definition) is 0. The van der Waals surface area contributed by atoms with Gasteiger partial charge in [0.2, 0.25) is 0 Å². The van der Waals surface area contributed by atoms with Crippen LogP contribution in [0.1, 0.15) is 57.8 Å². The van der Waals surface area contributed by atoms with Crippen molar-refractivity contribution in [1.29, 1.82) is 0 Å². The summed E-state index contributed by atoms with van der Waals surface area (Å²) in [4.78, 5) is 2.46. The van der Waals surface area contributed by atoms with Crippen LogP contribution in [0.15, 0.2) is 0 Å². The van der Waals surface area contributed by atoms with Crippen molar-refractivity contribution in [3.05, 3.63) is 0 Å². The Morgan fingerprint density at radius 2 is 1.47 bits per heavy atom. The van der Waals surface area contributed by atoms with Crippen molar-refractivity contribution in [2.24, 2.45) is 0 Å². The van der Waals surface area contributed by atoms with Gasteiger partial charge in [-0.3, -0.25) is 0 Å². The van der Waals surface area contributed by atoms with Crippen molar-refractivity contribution in [3.63, 3.8) is 0 Å². The molecule has 1 aliphatic heterocycles. The fourth-order valence-electron chi connectivity index (χ4n) is 2.98. The molecule has 2 fully saturated rings. The summed E-state index contributed by atoms with van der Waals surface area (Å²) in [6.07, 6.45) is 9.90. The lowest BCUT2D eigenvalue weighted by molar-refractivity contribution is 0.0760. The van der Waals surface area contributed by atoms with Gasteiger partial charge in [0.25, 0.3) is 0 Å². The molecule has 1 saturated carbocycles. The van der Waals surface area contributed by atoms with E-state index in [-0.39, 0.29) is 0 Å². The lowest BCUT2D eigenvalue weighted by atomic mass is 9.84. The van der Waals surface area contributed by atoms with Crippen LogP contribution in [0, 0.1) is 0 Å². The number of likely N-dealkylation sites (tertiary alicyclic amines) is 1. The molecular formula is C13H24FN. The normalized spacial score (nSPS) is 27.8. The van der Waals surface area contributed by atoms with Crippen LogP contribution in [0.4, 0.5) is 4.39 Å². The maximum atomic E-state index is 14.3. The molecule has 0 radical (unpaired) electrons. The molecule has 2 rings (SSSR count). The Kier molecular flexibility index (Phi) is 4.01. The van der Waals surface area contributed by atoms with Crippen molar-refractivity contribution >= 4 is 0 Å². The van der Waals surface area contributed by atoms with Crippen LogP contribution in [-0.2, 0) is 0 Å². The van der Waals surface area contributed by atoms with Gasteiger partial charge in [0.05, 0.1) is 0 Å². The number of halogens is 1. The van der Waals surface area contributed by atoms with E-state index in [0.29, 0.717) is 0 Å². The molecule has 0 unspecified atom stereocenters. The Balaban J connectivity index is 1.70. The second-order valence-corrected chi connectivity index (χ2v) is 5.36. The lowest BCUT2D eigenvalue weighted by Gasteiger charge is -2.33. The van der Waals surface area contributed by atoms with Crippen LogP contribution in [0.25, 0.3) is 0 Å². The van der Waals surface area contributed by atoms with Gasteiger partial charge in [-0.05, 0) is 45.2 Å². The van der Waals surface area contributed by atoms with Gasteiger partial charge in [0.15, 0.2) is 0 Å². The predicted octanol–water partition coefficient (Wildman–Crippen LogP) is 3.53. The van der Waals surface area contributed by atoms with Crippen LogP contribution < -0.4 is 0 Å². The summed E-state index contributed by atoms with van der Waals surface area (Å²) in [6, 6.07) is 0. The third-order valence-electron chi connectivity index (χ3n) is 4.07. The summed E-state index contributed by atoms with van der Waals surface area (Å²) in [5, 5.41) is 0. The highest BCUT2D eigenvalue weighted by molar-refractivity contribution is 4.84. The first-order valence-corrected chi connectivity index (χ1v) is 6.70. The van der Waals surface area contributed by atoms with Crippen LogP contribution in [0.3, 0.4) is 0 Å². The van der Waals surface area contributed by atoms with Gasteiger partial charge in [0, 0.05) is 6.54 Å². The molecule has 1 aliphatic carbocycles. The third-order valence-corrected chi connectivity index (χ3v) is 4.07. The molecule has 1 heterocycles. The van der Waals surface area contributed by atoms with Gasteiger partial charge in [-0.25, -0.2) is 4.39 Å². The topological polar surface area (TPSA) is 3.24 Å². The van der Waals surface area contributed by atoms with E-state index in [2.05, 4.69) is 4.90 Å². The fourth-order valence-corrected chi connectivity index (χ4v) is 2.98. The average Bonchev–Trinajstić information content (AvgIpc) is 2.29. The van der Waals surface area contributed by atoms with Crippen LogP contribution in [0.2, 0.25) is 0 Å². The van der Waals surface area contributed by atoms with Crippen molar-refractivity contribution in [2.75, 3.05) is 19.6 Å². The molecule has 0 bridgehead atoms. The van der Waals surface area contributed by atoms with E-state index in [0.717, 1.165) is 38.6 Å². The van der Waals surface area contributed by atoms with Gasteiger partial charge < -0.3 is 4.90 Å². The molecule has 0 amide bonds. The van der Waals surface area contributed by atoms with E-state index in [1.165, 1.54) is 38.8 Å². The first kappa shape index (κ1) is 11.4. The summed E-state index contributed by atoms with van der Waals surface area (Å²) < 4.78 is 14.3. The summed E-state index contributed by atoms with van der Waals surface area (Å²) in [7, 11) is 0. The molecule has 0 N–H and O–H groups in total. The zero-order valence-corrected chi connectivity index (χ0v) is 9.81. The Morgan fingerprint density at radius 3 is 2.13 bits per heavy atom. The lowest BCUT2D eigenvalue weighted by Crippen LogP contribution is -2.36. The van der Waals surface area contributed by atoms with Crippen LogP contribution >= 0.6 is 0 Å². The number of nitrogens with zero attached hydrogens (tertiary/aromatic N) is 1. The first-order chi connectivity index (χ1) is 7.29. The van der Waals surface area contributed by atoms with Gasteiger partial charge in [0.1, 0.15) is 5.67 Å². The van der Waals surface area contributed by atoms with E-state index < -0.39 is 5.67 Å². The molecule has 88 valence electrons. The van der Waals surface area contributed by atoms with E-state index >= 15 is 0 Å². The largest absolute Gasteiger partial charge is 0.303 e. The first-order valence-electron chi connectivity index (χ1n) is 6.70. The number of alkyl halides is 1. The molecule has 2 heteroatoms. The van der Waals surface area contributed by atoms with Crippen molar-refractivity contribution in [1.82, 2.24) is 4.90 Å². The minimum atomic E-state index is -0.810. The maximum absolute atomic E-state index is 14.3. The predicted molar refractivity (Wildman–Crippen MR) is 61.8 cm³/mol. The summed E-state index contributed by atoms with van der Waals surface area (Å²) in [5.41, 5.74) is -0.810. The number of hydrogen-bond acceptors (Lipinski definition) is 1. The molecule has 0 aromatic carbocycles. The second-order valence-electron chi connectivity index (χ2n) is 5.36. The number of rotatable bonds is 3. The van der Waals surface area contributed by atoms with Gasteiger partial charge in [-0.1, -0.05) is 25.7 Å². The van der Waals surface area contributed by atoms with E-state index in [9.17, 15) is 4.39 Å². The third kappa shape index (κ3) is 3.44. The van der Waals surface area contributed by atoms with E-state index in [4.69, 9.17) is 0 Å². The van der Waals surface area contributed by atoms with Gasteiger partial charge >= 0.3 is 0 Å². The molecule has 1 saturated heterocycles. The Hall–Kier alpha value is -0.110. The van der Waals surface area contributed by atoms with E-state index in [1.54, 1.807) is 0 Å². The Morgan fingerprint density at radius 1 is 0.867 bits per heavy atom. The minimum absolute atomic E-state index is 0.785. The van der Waals surface area contributed by atoms with Crippen molar-refractivity contribution in [3.8, 4) is 0 Å². The monoisotopic (exact) mass is 213 g/mol. The van der Waals surface area contributed by atoms with Gasteiger partial charge in [-0.2, -0.15) is 0 Å². The summed E-state index contributed by atoms with van der Waals surface area (Å²) >= 11 is 0.